The zero-order valence-electron chi connectivity index (χ0n) is 8.73. The molecule has 2 N–H and O–H groups in total. The average Bonchev–Trinajstić information content (AvgIpc) is 2.70. The number of rotatable bonds is 2. The van der Waals surface area contributed by atoms with Crippen molar-refractivity contribution in [3.63, 3.8) is 0 Å². The van der Waals surface area contributed by atoms with Crippen LogP contribution in [-0.2, 0) is 0 Å². The lowest BCUT2D eigenvalue weighted by Crippen LogP contribution is -2.05. The average molecular weight is 195 g/mol. The molecule has 0 radical (unpaired) electrons. The molecule has 1 aliphatic rings. The van der Waals surface area contributed by atoms with Crippen molar-refractivity contribution < 1.29 is 4.52 Å². The summed E-state index contributed by atoms with van der Waals surface area (Å²) in [4.78, 5) is 4.32. The molecule has 0 amide bonds. The van der Waals surface area contributed by atoms with Crippen molar-refractivity contribution in [3.05, 3.63) is 11.7 Å². The number of hydrogen-bond acceptors (Lipinski definition) is 4. The maximum absolute atomic E-state index is 5.66. The highest BCUT2D eigenvalue weighted by atomic mass is 16.5. The highest BCUT2D eigenvalue weighted by molar-refractivity contribution is 5.00. The van der Waals surface area contributed by atoms with Crippen LogP contribution in [0.2, 0.25) is 0 Å². The summed E-state index contributed by atoms with van der Waals surface area (Å²) in [6, 6.07) is -0.157. The lowest BCUT2D eigenvalue weighted by atomic mass is 10.1. The molecule has 1 heterocycles. The van der Waals surface area contributed by atoms with Crippen LogP contribution in [0.3, 0.4) is 0 Å². The predicted octanol–water partition coefficient (Wildman–Crippen LogP) is 1.99. The molecule has 0 saturated heterocycles. The van der Waals surface area contributed by atoms with Crippen LogP contribution >= 0.6 is 0 Å². The zero-order chi connectivity index (χ0) is 10.1. The van der Waals surface area contributed by atoms with E-state index in [4.69, 9.17) is 10.3 Å². The van der Waals surface area contributed by atoms with E-state index < -0.39 is 0 Å². The van der Waals surface area contributed by atoms with Gasteiger partial charge in [0.1, 0.15) is 0 Å². The summed E-state index contributed by atoms with van der Waals surface area (Å²) in [5, 5.41) is 3.99. The van der Waals surface area contributed by atoms with Crippen molar-refractivity contribution in [1.29, 1.82) is 0 Å². The Balaban J connectivity index is 2.09. The summed E-state index contributed by atoms with van der Waals surface area (Å²) in [6.45, 7) is 4.13. The fourth-order valence-corrected chi connectivity index (χ4v) is 2.04. The van der Waals surface area contributed by atoms with Crippen LogP contribution in [-0.4, -0.2) is 10.1 Å². The highest BCUT2D eigenvalue weighted by Crippen LogP contribution is 2.36. The van der Waals surface area contributed by atoms with Crippen LogP contribution < -0.4 is 5.73 Å². The largest absolute Gasteiger partial charge is 0.338 e. The maximum Gasteiger partial charge on any atom is 0.243 e. The molecule has 1 fully saturated rings. The third-order valence-corrected chi connectivity index (χ3v) is 2.91. The fourth-order valence-electron chi connectivity index (χ4n) is 2.04. The first-order chi connectivity index (χ1) is 6.66. The number of nitrogens with two attached hydrogens (primary N) is 1. The molecule has 2 unspecified atom stereocenters. The number of nitrogens with zero attached hydrogens (tertiary/aromatic N) is 2. The molecule has 14 heavy (non-hydrogen) atoms. The Morgan fingerprint density at radius 2 is 2.29 bits per heavy atom. The first kappa shape index (κ1) is 9.65. The van der Waals surface area contributed by atoms with E-state index in [-0.39, 0.29) is 6.04 Å². The van der Waals surface area contributed by atoms with Crippen molar-refractivity contribution in [1.82, 2.24) is 10.1 Å². The van der Waals surface area contributed by atoms with E-state index >= 15 is 0 Å². The first-order valence-corrected chi connectivity index (χ1v) is 5.26. The topological polar surface area (TPSA) is 64.9 Å². The van der Waals surface area contributed by atoms with Gasteiger partial charge in [-0.05, 0) is 32.1 Å². The van der Waals surface area contributed by atoms with E-state index in [0.29, 0.717) is 11.8 Å². The number of hydrogen-bond donors (Lipinski definition) is 1. The Hall–Kier alpha value is -0.900. The molecule has 3 atom stereocenters. The summed E-state index contributed by atoms with van der Waals surface area (Å²) in [5.74, 6) is 2.68. The summed E-state index contributed by atoms with van der Waals surface area (Å²) >= 11 is 0. The van der Waals surface area contributed by atoms with Gasteiger partial charge in [0.15, 0.2) is 5.82 Å². The fraction of sp³-hybridized carbons (Fsp3) is 0.800. The second-order valence-corrected chi connectivity index (χ2v) is 4.39. The summed E-state index contributed by atoms with van der Waals surface area (Å²) in [6.07, 6.45) is 3.63. The summed E-state index contributed by atoms with van der Waals surface area (Å²) in [7, 11) is 0. The monoisotopic (exact) mass is 195 g/mol. The van der Waals surface area contributed by atoms with Gasteiger partial charge in [0.2, 0.25) is 5.89 Å². The lowest BCUT2D eigenvalue weighted by molar-refractivity contribution is 0.354. The molecule has 0 spiro atoms. The Morgan fingerprint density at radius 1 is 1.50 bits per heavy atom. The van der Waals surface area contributed by atoms with Gasteiger partial charge in [0.25, 0.3) is 0 Å². The maximum atomic E-state index is 5.66. The molecule has 1 aliphatic carbocycles. The first-order valence-electron chi connectivity index (χ1n) is 5.26. The van der Waals surface area contributed by atoms with E-state index in [0.717, 1.165) is 11.7 Å². The van der Waals surface area contributed by atoms with Crippen LogP contribution in [0, 0.1) is 5.92 Å². The minimum absolute atomic E-state index is 0.157. The molecule has 0 aliphatic heterocycles. The van der Waals surface area contributed by atoms with E-state index in [1.165, 1.54) is 19.3 Å². The smallest absolute Gasteiger partial charge is 0.243 e. The molecule has 1 aromatic heterocycles. The minimum atomic E-state index is -0.157. The zero-order valence-corrected chi connectivity index (χ0v) is 8.73. The van der Waals surface area contributed by atoms with Crippen molar-refractivity contribution in [2.45, 2.75) is 45.1 Å². The van der Waals surface area contributed by atoms with Crippen LogP contribution in [0.25, 0.3) is 0 Å². The second-order valence-electron chi connectivity index (χ2n) is 4.39. The van der Waals surface area contributed by atoms with Gasteiger partial charge in [-0.3, -0.25) is 0 Å². The Morgan fingerprint density at radius 3 is 2.79 bits per heavy atom. The summed E-state index contributed by atoms with van der Waals surface area (Å²) < 4.78 is 5.09. The van der Waals surface area contributed by atoms with Crippen molar-refractivity contribution in [2.75, 3.05) is 0 Å². The predicted molar refractivity (Wildman–Crippen MR) is 52.7 cm³/mol. The molecule has 4 heteroatoms. The highest BCUT2D eigenvalue weighted by Gasteiger charge is 2.27. The molecular weight excluding hydrogens is 178 g/mol. The van der Waals surface area contributed by atoms with Gasteiger partial charge < -0.3 is 10.3 Å². The quantitative estimate of drug-likeness (QED) is 0.783. The van der Waals surface area contributed by atoms with Gasteiger partial charge in [-0.25, -0.2) is 0 Å². The third-order valence-electron chi connectivity index (χ3n) is 2.91. The van der Waals surface area contributed by atoms with E-state index in [2.05, 4.69) is 17.1 Å². The van der Waals surface area contributed by atoms with E-state index in [1.54, 1.807) is 0 Å². The Kier molecular flexibility index (Phi) is 2.54. The van der Waals surface area contributed by atoms with Crippen molar-refractivity contribution >= 4 is 0 Å². The molecule has 78 valence electrons. The van der Waals surface area contributed by atoms with Gasteiger partial charge in [-0.15, -0.1) is 0 Å². The third kappa shape index (κ3) is 1.80. The van der Waals surface area contributed by atoms with Gasteiger partial charge in [0.05, 0.1) is 6.04 Å². The molecule has 0 bridgehead atoms. The van der Waals surface area contributed by atoms with E-state index in [1.807, 2.05) is 6.92 Å². The van der Waals surface area contributed by atoms with Crippen LogP contribution in [0.1, 0.15) is 56.8 Å². The molecule has 1 aromatic rings. The lowest BCUT2D eigenvalue weighted by Gasteiger charge is -2.01. The minimum Gasteiger partial charge on any atom is -0.338 e. The Bertz CT molecular complexity index is 308. The molecule has 4 nitrogen and oxygen atoms in total. The standard InChI is InChI=1S/C10H17N3O/c1-6-3-4-8(5-6)9-12-10(7(2)11)14-13-9/h6-8H,3-5,11H2,1-2H3/t6?,7-,8?/m1/s1. The van der Waals surface area contributed by atoms with Crippen LogP contribution in [0.5, 0.6) is 0 Å². The van der Waals surface area contributed by atoms with Crippen LogP contribution in [0.15, 0.2) is 4.52 Å². The number of aromatic nitrogens is 2. The van der Waals surface area contributed by atoms with Gasteiger partial charge in [0, 0.05) is 5.92 Å². The molecule has 1 saturated carbocycles. The molecule has 2 rings (SSSR count). The normalized spacial score (nSPS) is 29.4. The van der Waals surface area contributed by atoms with Crippen molar-refractivity contribution in [3.8, 4) is 0 Å². The summed E-state index contributed by atoms with van der Waals surface area (Å²) in [5.41, 5.74) is 5.66. The Labute approximate surface area is 83.9 Å². The molecule has 0 aromatic carbocycles. The van der Waals surface area contributed by atoms with Crippen molar-refractivity contribution in [2.24, 2.45) is 11.7 Å². The van der Waals surface area contributed by atoms with Gasteiger partial charge >= 0.3 is 0 Å². The second kappa shape index (κ2) is 3.69. The van der Waals surface area contributed by atoms with E-state index in [9.17, 15) is 0 Å². The van der Waals surface area contributed by atoms with Gasteiger partial charge in [-0.1, -0.05) is 12.1 Å². The molecular formula is C10H17N3O. The van der Waals surface area contributed by atoms with Crippen LogP contribution in [0.4, 0.5) is 0 Å². The SMILES string of the molecule is CC1CCC(c2noc([C@@H](C)N)n2)C1. The van der Waals surface area contributed by atoms with Gasteiger partial charge in [-0.2, -0.15) is 4.98 Å².